The van der Waals surface area contributed by atoms with Gasteiger partial charge in [0.1, 0.15) is 0 Å². The second-order valence-electron chi connectivity index (χ2n) is 5.19. The molecule has 3 aromatic carbocycles. The first-order valence-electron chi connectivity index (χ1n) is 7.59. The van der Waals surface area contributed by atoms with E-state index in [0.717, 1.165) is 0 Å². The van der Waals surface area contributed by atoms with E-state index in [9.17, 15) is 9.59 Å². The Kier molecular flexibility index (Phi) is 4.73. The number of hydrogen-bond acceptors (Lipinski definition) is 3. The highest BCUT2D eigenvalue weighted by Crippen LogP contribution is 2.15. The van der Waals surface area contributed by atoms with Gasteiger partial charge in [-0.15, -0.1) is 0 Å². The first-order chi connectivity index (χ1) is 11.8. The van der Waals surface area contributed by atoms with E-state index in [4.69, 9.17) is 0 Å². The topological polar surface area (TPSA) is 46.5 Å². The van der Waals surface area contributed by atoms with Crippen LogP contribution in [0.15, 0.2) is 96.0 Å². The zero-order valence-electron chi connectivity index (χ0n) is 12.9. The molecule has 0 heterocycles. The number of carbonyl (C=O) groups excluding carboxylic acids is 2. The molecule has 0 amide bonds. The lowest BCUT2D eigenvalue weighted by atomic mass is 9.99. The van der Waals surface area contributed by atoms with Gasteiger partial charge in [0.2, 0.25) is 11.6 Å². The quantitative estimate of drug-likeness (QED) is 0.395. The van der Waals surface area contributed by atoms with Crippen molar-refractivity contribution < 1.29 is 9.59 Å². The van der Waals surface area contributed by atoms with Crippen LogP contribution in [0.3, 0.4) is 0 Å². The van der Waals surface area contributed by atoms with E-state index in [2.05, 4.69) is 4.99 Å². The molecule has 0 saturated heterocycles. The highest BCUT2D eigenvalue weighted by molar-refractivity contribution is 6.72. The summed E-state index contributed by atoms with van der Waals surface area (Å²) in [6, 6.07) is 26.4. The number of Topliss-reactive ketones (excluding diaryl/α,β-unsaturated/α-hetero) is 2. The van der Waals surface area contributed by atoms with Crippen LogP contribution >= 0.6 is 0 Å². The second kappa shape index (κ2) is 7.29. The molecule has 0 fully saturated rings. The first-order valence-corrected chi connectivity index (χ1v) is 7.59. The van der Waals surface area contributed by atoms with Crippen LogP contribution in [-0.4, -0.2) is 17.3 Å². The van der Waals surface area contributed by atoms with Gasteiger partial charge >= 0.3 is 0 Å². The third-order valence-electron chi connectivity index (χ3n) is 3.50. The molecule has 0 aliphatic carbocycles. The van der Waals surface area contributed by atoms with E-state index >= 15 is 0 Å². The molecule has 0 bridgehead atoms. The van der Waals surface area contributed by atoms with Crippen LogP contribution in [0.25, 0.3) is 0 Å². The molecule has 0 N–H and O–H groups in total. The number of para-hydroxylation sites is 1. The molecule has 0 unspecified atom stereocenters. The van der Waals surface area contributed by atoms with Gasteiger partial charge in [-0.25, -0.2) is 4.99 Å². The van der Waals surface area contributed by atoms with E-state index in [0.29, 0.717) is 16.8 Å². The number of hydrogen-bond donors (Lipinski definition) is 0. The van der Waals surface area contributed by atoms with Gasteiger partial charge in [-0.1, -0.05) is 78.9 Å². The zero-order chi connectivity index (χ0) is 16.8. The summed E-state index contributed by atoms with van der Waals surface area (Å²) >= 11 is 0. The van der Waals surface area contributed by atoms with E-state index in [1.54, 1.807) is 60.7 Å². The Labute approximate surface area is 140 Å². The fourth-order valence-corrected chi connectivity index (χ4v) is 2.29. The van der Waals surface area contributed by atoms with Crippen LogP contribution in [0.4, 0.5) is 5.69 Å². The standard InChI is InChI=1S/C21H15NO2/c23-20(16-10-4-1-5-11-16)19(22-18-14-8-3-9-15-18)21(24)17-12-6-2-7-13-17/h1-15H. The molecular formula is C21H15NO2. The Morgan fingerprint density at radius 3 is 1.33 bits per heavy atom. The van der Waals surface area contributed by atoms with Crippen molar-refractivity contribution in [2.24, 2.45) is 4.99 Å². The van der Waals surface area contributed by atoms with Gasteiger partial charge in [0.15, 0.2) is 5.71 Å². The van der Waals surface area contributed by atoms with Crippen LogP contribution in [-0.2, 0) is 0 Å². The summed E-state index contributed by atoms with van der Waals surface area (Å²) < 4.78 is 0. The summed E-state index contributed by atoms with van der Waals surface area (Å²) in [5, 5.41) is 0. The third kappa shape index (κ3) is 3.52. The number of ketones is 2. The fourth-order valence-electron chi connectivity index (χ4n) is 2.29. The number of rotatable bonds is 5. The van der Waals surface area contributed by atoms with Crippen LogP contribution < -0.4 is 0 Å². The molecule has 3 heteroatoms. The molecule has 24 heavy (non-hydrogen) atoms. The van der Waals surface area contributed by atoms with Gasteiger partial charge in [0, 0.05) is 11.1 Å². The lowest BCUT2D eigenvalue weighted by molar-refractivity contribution is 0.102. The zero-order valence-corrected chi connectivity index (χ0v) is 12.9. The summed E-state index contributed by atoms with van der Waals surface area (Å²) in [6.45, 7) is 0. The molecule has 3 rings (SSSR count). The Morgan fingerprint density at radius 2 is 0.917 bits per heavy atom. The second-order valence-corrected chi connectivity index (χ2v) is 5.19. The molecular weight excluding hydrogens is 298 g/mol. The highest BCUT2D eigenvalue weighted by Gasteiger charge is 2.23. The average Bonchev–Trinajstić information content (AvgIpc) is 2.67. The van der Waals surface area contributed by atoms with Gasteiger partial charge in [0.25, 0.3) is 0 Å². The Morgan fingerprint density at radius 1 is 0.542 bits per heavy atom. The van der Waals surface area contributed by atoms with Crippen LogP contribution in [0, 0.1) is 0 Å². The van der Waals surface area contributed by atoms with Crippen LogP contribution in [0.2, 0.25) is 0 Å². The van der Waals surface area contributed by atoms with E-state index in [1.165, 1.54) is 0 Å². The Bertz CT molecular complexity index is 816. The van der Waals surface area contributed by atoms with E-state index < -0.39 is 0 Å². The number of nitrogens with zero attached hydrogens (tertiary/aromatic N) is 1. The predicted molar refractivity (Wildman–Crippen MR) is 95.1 cm³/mol. The maximum Gasteiger partial charge on any atom is 0.215 e. The minimum atomic E-state index is -0.381. The molecule has 0 radical (unpaired) electrons. The molecule has 0 atom stereocenters. The van der Waals surface area contributed by atoms with Crippen LogP contribution in [0.5, 0.6) is 0 Å². The van der Waals surface area contributed by atoms with E-state index in [1.807, 2.05) is 30.3 Å². The Balaban J connectivity index is 2.06. The van der Waals surface area contributed by atoms with Crippen molar-refractivity contribution in [1.82, 2.24) is 0 Å². The maximum atomic E-state index is 12.8. The molecule has 0 aromatic heterocycles. The van der Waals surface area contributed by atoms with Crippen molar-refractivity contribution in [3.8, 4) is 0 Å². The third-order valence-corrected chi connectivity index (χ3v) is 3.50. The van der Waals surface area contributed by atoms with Crippen molar-refractivity contribution in [1.29, 1.82) is 0 Å². The molecule has 116 valence electrons. The van der Waals surface area contributed by atoms with Gasteiger partial charge in [-0.2, -0.15) is 0 Å². The SMILES string of the molecule is O=C(C(=Nc1ccccc1)C(=O)c1ccccc1)c1ccccc1. The van der Waals surface area contributed by atoms with Gasteiger partial charge < -0.3 is 0 Å². The molecule has 3 nitrogen and oxygen atoms in total. The highest BCUT2D eigenvalue weighted by atomic mass is 16.2. The average molecular weight is 313 g/mol. The number of carbonyl (C=O) groups is 2. The molecule has 0 saturated carbocycles. The summed E-state index contributed by atoms with van der Waals surface area (Å²) in [4.78, 5) is 30.0. The van der Waals surface area contributed by atoms with Crippen LogP contribution in [0.1, 0.15) is 20.7 Å². The lowest BCUT2D eigenvalue weighted by Gasteiger charge is -2.06. The molecule has 0 aliphatic rings. The lowest BCUT2D eigenvalue weighted by Crippen LogP contribution is -2.24. The molecule has 0 aliphatic heterocycles. The van der Waals surface area contributed by atoms with Gasteiger partial charge in [-0.3, -0.25) is 9.59 Å². The monoisotopic (exact) mass is 313 g/mol. The normalized spacial score (nSPS) is 10.0. The smallest absolute Gasteiger partial charge is 0.215 e. The predicted octanol–water partition coefficient (Wildman–Crippen LogP) is 4.52. The summed E-state index contributed by atoms with van der Waals surface area (Å²) in [5.41, 5.74) is 1.37. The van der Waals surface area contributed by atoms with Gasteiger partial charge in [-0.05, 0) is 12.1 Å². The molecule has 3 aromatic rings. The first kappa shape index (κ1) is 15.6. The Hall–Kier alpha value is -3.33. The number of aliphatic imine (C=N–C) groups is 1. The van der Waals surface area contributed by atoms with E-state index in [-0.39, 0.29) is 17.3 Å². The number of benzene rings is 3. The largest absolute Gasteiger partial charge is 0.287 e. The van der Waals surface area contributed by atoms with Crippen molar-refractivity contribution in [2.75, 3.05) is 0 Å². The summed E-state index contributed by atoms with van der Waals surface area (Å²) in [7, 11) is 0. The van der Waals surface area contributed by atoms with Crippen molar-refractivity contribution in [3.63, 3.8) is 0 Å². The maximum absolute atomic E-state index is 12.8. The summed E-state index contributed by atoms with van der Waals surface area (Å²) in [5.74, 6) is -0.762. The molecule has 0 spiro atoms. The minimum Gasteiger partial charge on any atom is -0.287 e. The van der Waals surface area contributed by atoms with Gasteiger partial charge in [0.05, 0.1) is 5.69 Å². The minimum absolute atomic E-state index is 0.0846. The van der Waals surface area contributed by atoms with Crippen molar-refractivity contribution in [2.45, 2.75) is 0 Å². The van der Waals surface area contributed by atoms with Crippen molar-refractivity contribution >= 4 is 23.0 Å². The summed E-state index contributed by atoms with van der Waals surface area (Å²) in [6.07, 6.45) is 0. The van der Waals surface area contributed by atoms with Crippen molar-refractivity contribution in [3.05, 3.63) is 102 Å². The fraction of sp³-hybridized carbons (Fsp3) is 0.